The summed E-state index contributed by atoms with van der Waals surface area (Å²) in [5, 5.41) is 3.42. The Morgan fingerprint density at radius 1 is 0.944 bits per heavy atom. The number of nitrogens with one attached hydrogen (secondary N) is 1. The van der Waals surface area contributed by atoms with Gasteiger partial charge in [-0.15, -0.1) is 0 Å². The van der Waals surface area contributed by atoms with Crippen molar-refractivity contribution >= 4 is 0 Å². The van der Waals surface area contributed by atoms with Crippen LogP contribution in [0.1, 0.15) is 58.9 Å². The molecule has 0 bridgehead atoms. The molecule has 0 saturated carbocycles. The zero-order valence-corrected chi connectivity index (χ0v) is 12.9. The van der Waals surface area contributed by atoms with Crippen molar-refractivity contribution in [3.8, 4) is 0 Å². The van der Waals surface area contributed by atoms with Gasteiger partial charge in [-0.1, -0.05) is 65.0 Å². The molecule has 1 N–H and O–H groups in total. The van der Waals surface area contributed by atoms with E-state index in [9.17, 15) is 0 Å². The van der Waals surface area contributed by atoms with Gasteiger partial charge in [-0.2, -0.15) is 0 Å². The fourth-order valence-electron chi connectivity index (χ4n) is 2.37. The molecule has 1 nitrogen and oxygen atoms in total. The van der Waals surface area contributed by atoms with Crippen LogP contribution in [0.4, 0.5) is 0 Å². The first-order valence-corrected chi connectivity index (χ1v) is 7.63. The molecule has 0 radical (unpaired) electrons. The summed E-state index contributed by atoms with van der Waals surface area (Å²) in [7, 11) is 0. The lowest BCUT2D eigenvalue weighted by atomic mass is 9.82. The molecule has 1 aromatic carbocycles. The van der Waals surface area contributed by atoms with E-state index in [1.807, 2.05) is 27.7 Å². The average Bonchev–Trinajstić information content (AvgIpc) is 2.52. The number of hydrogen-bond donors (Lipinski definition) is 1. The summed E-state index contributed by atoms with van der Waals surface area (Å²) < 4.78 is 0. The molecule has 2 rings (SSSR count). The number of benzene rings is 1. The Morgan fingerprint density at radius 2 is 1.44 bits per heavy atom. The third-order valence-electron chi connectivity index (χ3n) is 3.42. The average molecular weight is 249 g/mol. The fraction of sp³-hybridized carbons (Fsp3) is 0.647. The quantitative estimate of drug-likeness (QED) is 0.790. The van der Waals surface area contributed by atoms with E-state index >= 15 is 0 Å². The SMILES string of the molecule is CC.CC.CC(c1ccccc1)C1CCNCC1. The molecule has 0 amide bonds. The van der Waals surface area contributed by atoms with E-state index < -0.39 is 0 Å². The minimum atomic E-state index is 0.721. The van der Waals surface area contributed by atoms with E-state index in [-0.39, 0.29) is 0 Å². The Bertz CT molecular complexity index is 262. The van der Waals surface area contributed by atoms with Crippen LogP contribution in [0.15, 0.2) is 30.3 Å². The summed E-state index contributed by atoms with van der Waals surface area (Å²) in [4.78, 5) is 0. The maximum atomic E-state index is 3.42. The molecule has 1 atom stereocenters. The van der Waals surface area contributed by atoms with E-state index in [2.05, 4.69) is 42.6 Å². The molecule has 1 aliphatic heterocycles. The van der Waals surface area contributed by atoms with Gasteiger partial charge < -0.3 is 5.32 Å². The van der Waals surface area contributed by atoms with Gasteiger partial charge in [0.15, 0.2) is 0 Å². The minimum absolute atomic E-state index is 0.721. The standard InChI is InChI=1S/C13H19N.2C2H6/c1-11(12-5-3-2-4-6-12)13-7-9-14-10-8-13;2*1-2/h2-6,11,13-14H,7-10H2,1H3;2*1-2H3. The summed E-state index contributed by atoms with van der Waals surface area (Å²) in [6.07, 6.45) is 2.66. The van der Waals surface area contributed by atoms with Crippen molar-refractivity contribution < 1.29 is 0 Å². The molecule has 0 aromatic heterocycles. The smallest absolute Gasteiger partial charge is 0.00461 e. The Labute approximate surface area is 114 Å². The van der Waals surface area contributed by atoms with Crippen LogP contribution in [0, 0.1) is 5.92 Å². The van der Waals surface area contributed by atoms with Gasteiger partial charge in [0.25, 0.3) is 0 Å². The van der Waals surface area contributed by atoms with Crippen LogP contribution in [0.2, 0.25) is 0 Å². The van der Waals surface area contributed by atoms with Crippen LogP contribution in [0.25, 0.3) is 0 Å². The second-order valence-corrected chi connectivity index (χ2v) is 4.29. The molecule has 1 saturated heterocycles. The molecule has 0 spiro atoms. The first kappa shape index (κ1) is 17.2. The first-order valence-electron chi connectivity index (χ1n) is 7.63. The fourth-order valence-corrected chi connectivity index (χ4v) is 2.37. The number of piperidine rings is 1. The highest BCUT2D eigenvalue weighted by Gasteiger charge is 2.20. The predicted octanol–water partition coefficient (Wildman–Crippen LogP) is 4.84. The Morgan fingerprint density at radius 3 is 1.94 bits per heavy atom. The van der Waals surface area contributed by atoms with E-state index in [0.29, 0.717) is 0 Å². The third kappa shape index (κ3) is 5.68. The predicted molar refractivity (Wildman–Crippen MR) is 83.1 cm³/mol. The molecule has 1 aromatic rings. The van der Waals surface area contributed by atoms with Crippen molar-refractivity contribution in [1.82, 2.24) is 5.32 Å². The van der Waals surface area contributed by atoms with E-state index in [4.69, 9.17) is 0 Å². The highest BCUT2D eigenvalue weighted by Crippen LogP contribution is 2.29. The van der Waals surface area contributed by atoms with Gasteiger partial charge in [-0.3, -0.25) is 0 Å². The second kappa shape index (κ2) is 11.3. The van der Waals surface area contributed by atoms with E-state index in [1.165, 1.54) is 31.5 Å². The van der Waals surface area contributed by atoms with Crippen molar-refractivity contribution in [2.24, 2.45) is 5.92 Å². The van der Waals surface area contributed by atoms with Crippen LogP contribution < -0.4 is 5.32 Å². The summed E-state index contributed by atoms with van der Waals surface area (Å²) in [6, 6.07) is 10.9. The van der Waals surface area contributed by atoms with Crippen LogP contribution >= 0.6 is 0 Å². The second-order valence-electron chi connectivity index (χ2n) is 4.29. The Kier molecular flexibility index (Phi) is 10.8. The van der Waals surface area contributed by atoms with Crippen LogP contribution in [0.3, 0.4) is 0 Å². The zero-order valence-electron chi connectivity index (χ0n) is 12.9. The molecule has 1 fully saturated rings. The van der Waals surface area contributed by atoms with Gasteiger partial charge in [-0.25, -0.2) is 0 Å². The van der Waals surface area contributed by atoms with E-state index in [1.54, 1.807) is 0 Å². The maximum Gasteiger partial charge on any atom is -0.00461 e. The van der Waals surface area contributed by atoms with Crippen molar-refractivity contribution in [3.05, 3.63) is 35.9 Å². The summed E-state index contributed by atoms with van der Waals surface area (Å²) in [5.74, 6) is 1.59. The third-order valence-corrected chi connectivity index (χ3v) is 3.42. The van der Waals surface area contributed by atoms with Gasteiger partial charge >= 0.3 is 0 Å². The van der Waals surface area contributed by atoms with Crippen molar-refractivity contribution in [1.29, 1.82) is 0 Å². The van der Waals surface area contributed by atoms with Crippen molar-refractivity contribution in [2.45, 2.75) is 53.4 Å². The van der Waals surface area contributed by atoms with Gasteiger partial charge in [0.05, 0.1) is 0 Å². The molecule has 1 aliphatic rings. The van der Waals surface area contributed by atoms with Crippen molar-refractivity contribution in [3.63, 3.8) is 0 Å². The topological polar surface area (TPSA) is 12.0 Å². The summed E-state index contributed by atoms with van der Waals surface area (Å²) in [5.41, 5.74) is 1.50. The highest BCUT2D eigenvalue weighted by atomic mass is 14.9. The van der Waals surface area contributed by atoms with Crippen LogP contribution in [-0.4, -0.2) is 13.1 Å². The van der Waals surface area contributed by atoms with E-state index in [0.717, 1.165) is 11.8 Å². The summed E-state index contributed by atoms with van der Waals surface area (Å²) >= 11 is 0. The van der Waals surface area contributed by atoms with Gasteiger partial charge in [0, 0.05) is 0 Å². The lowest BCUT2D eigenvalue weighted by molar-refractivity contribution is 0.330. The molecule has 1 heterocycles. The normalized spacial score (nSPS) is 16.7. The highest BCUT2D eigenvalue weighted by molar-refractivity contribution is 5.19. The molecule has 0 aliphatic carbocycles. The van der Waals surface area contributed by atoms with Crippen LogP contribution in [0.5, 0.6) is 0 Å². The maximum absolute atomic E-state index is 3.42. The first-order chi connectivity index (χ1) is 8.88. The zero-order chi connectivity index (χ0) is 13.8. The minimum Gasteiger partial charge on any atom is -0.317 e. The monoisotopic (exact) mass is 249 g/mol. The number of rotatable bonds is 2. The lowest BCUT2D eigenvalue weighted by Crippen LogP contribution is -2.30. The Hall–Kier alpha value is -0.820. The molecular weight excluding hydrogens is 218 g/mol. The molecule has 104 valence electrons. The molecule has 1 unspecified atom stereocenters. The Balaban J connectivity index is 0.000000659. The van der Waals surface area contributed by atoms with Gasteiger partial charge in [0.2, 0.25) is 0 Å². The van der Waals surface area contributed by atoms with Gasteiger partial charge in [0.1, 0.15) is 0 Å². The molecule has 18 heavy (non-hydrogen) atoms. The molecule has 1 heteroatoms. The van der Waals surface area contributed by atoms with Gasteiger partial charge in [-0.05, 0) is 43.3 Å². The summed E-state index contributed by atoms with van der Waals surface area (Å²) in [6.45, 7) is 12.8. The molecular formula is C17H31N. The number of hydrogen-bond acceptors (Lipinski definition) is 1. The largest absolute Gasteiger partial charge is 0.317 e. The van der Waals surface area contributed by atoms with Crippen molar-refractivity contribution in [2.75, 3.05) is 13.1 Å². The lowest BCUT2D eigenvalue weighted by Gasteiger charge is -2.28. The van der Waals surface area contributed by atoms with Crippen LogP contribution in [-0.2, 0) is 0 Å².